The molecule has 0 saturated heterocycles. The van der Waals surface area contributed by atoms with Gasteiger partial charge in [0.1, 0.15) is 5.75 Å². The molecule has 2 aromatic heterocycles. The van der Waals surface area contributed by atoms with E-state index in [0.717, 1.165) is 4.96 Å². The lowest BCUT2D eigenvalue weighted by Gasteiger charge is -2.00. The highest BCUT2D eigenvalue weighted by Crippen LogP contribution is 2.22. The zero-order valence-corrected chi connectivity index (χ0v) is 12.6. The Balaban J connectivity index is 1.77. The third-order valence-electron chi connectivity index (χ3n) is 2.81. The van der Waals surface area contributed by atoms with E-state index in [0.29, 0.717) is 22.2 Å². The van der Waals surface area contributed by atoms with Crippen LogP contribution in [0.4, 0.5) is 0 Å². The number of thiazole rings is 1. The maximum atomic E-state index is 11.8. The van der Waals surface area contributed by atoms with Crippen LogP contribution in [0.1, 0.15) is 11.3 Å². The molecule has 0 unspecified atom stereocenters. The molecular formula is C15H8ClN3O2S. The summed E-state index contributed by atoms with van der Waals surface area (Å²) < 4.78 is 6.93. The van der Waals surface area contributed by atoms with Gasteiger partial charge in [0.05, 0.1) is 17.3 Å². The predicted molar refractivity (Wildman–Crippen MR) is 83.9 cm³/mol. The van der Waals surface area contributed by atoms with E-state index in [9.17, 15) is 4.79 Å². The Morgan fingerprint density at radius 2 is 2.36 bits per heavy atom. The fourth-order valence-corrected chi connectivity index (χ4v) is 2.86. The summed E-state index contributed by atoms with van der Waals surface area (Å²) in [6.45, 7) is 0. The molecule has 0 bridgehead atoms. The lowest BCUT2D eigenvalue weighted by molar-refractivity contribution is -0.128. The predicted octanol–water partition coefficient (Wildman–Crippen LogP) is 3.54. The molecule has 0 aliphatic rings. The SMILES string of the molecule is N#Cc1cccc(OC(=O)/C=C/c2c(Cl)nc3sccn23)c1. The van der Waals surface area contributed by atoms with E-state index in [1.54, 1.807) is 28.7 Å². The smallest absolute Gasteiger partial charge is 0.336 e. The third kappa shape index (κ3) is 2.86. The van der Waals surface area contributed by atoms with Crippen molar-refractivity contribution in [3.63, 3.8) is 0 Å². The van der Waals surface area contributed by atoms with Gasteiger partial charge in [-0.1, -0.05) is 17.7 Å². The summed E-state index contributed by atoms with van der Waals surface area (Å²) >= 11 is 7.48. The van der Waals surface area contributed by atoms with Crippen molar-refractivity contribution in [1.29, 1.82) is 5.26 Å². The number of imidazole rings is 1. The number of carbonyl (C=O) groups excluding carboxylic acids is 1. The van der Waals surface area contributed by atoms with Crippen LogP contribution < -0.4 is 4.74 Å². The van der Waals surface area contributed by atoms with Gasteiger partial charge in [-0.25, -0.2) is 9.78 Å². The zero-order valence-electron chi connectivity index (χ0n) is 11.1. The summed E-state index contributed by atoms with van der Waals surface area (Å²) in [5.74, 6) is -0.245. The van der Waals surface area contributed by atoms with Crippen molar-refractivity contribution in [1.82, 2.24) is 9.38 Å². The van der Waals surface area contributed by atoms with Crippen LogP contribution in [0.2, 0.25) is 5.15 Å². The van der Waals surface area contributed by atoms with Crippen molar-refractivity contribution in [2.45, 2.75) is 0 Å². The molecule has 0 fully saturated rings. The van der Waals surface area contributed by atoms with Crippen LogP contribution >= 0.6 is 22.9 Å². The highest BCUT2D eigenvalue weighted by atomic mass is 35.5. The number of fused-ring (bicyclic) bond motifs is 1. The van der Waals surface area contributed by atoms with E-state index >= 15 is 0 Å². The van der Waals surface area contributed by atoms with Gasteiger partial charge in [0.25, 0.3) is 0 Å². The van der Waals surface area contributed by atoms with Gasteiger partial charge in [0.15, 0.2) is 10.1 Å². The van der Waals surface area contributed by atoms with E-state index in [4.69, 9.17) is 21.6 Å². The molecule has 3 aromatic rings. The molecule has 0 saturated carbocycles. The number of benzene rings is 1. The van der Waals surface area contributed by atoms with Crippen LogP contribution in [-0.2, 0) is 4.79 Å². The highest BCUT2D eigenvalue weighted by molar-refractivity contribution is 7.15. The molecule has 5 nitrogen and oxygen atoms in total. The van der Waals surface area contributed by atoms with Gasteiger partial charge in [-0.3, -0.25) is 4.40 Å². The minimum Gasteiger partial charge on any atom is -0.423 e. The number of halogens is 1. The molecule has 0 atom stereocenters. The Hall–Kier alpha value is -2.62. The van der Waals surface area contributed by atoms with E-state index in [2.05, 4.69) is 4.98 Å². The lowest BCUT2D eigenvalue weighted by atomic mass is 10.2. The Morgan fingerprint density at radius 1 is 1.50 bits per heavy atom. The van der Waals surface area contributed by atoms with E-state index in [1.165, 1.54) is 23.5 Å². The van der Waals surface area contributed by atoms with E-state index < -0.39 is 5.97 Å². The first-order valence-corrected chi connectivity index (χ1v) is 7.44. The molecule has 0 spiro atoms. The lowest BCUT2D eigenvalue weighted by Crippen LogP contribution is -2.03. The van der Waals surface area contributed by atoms with Crippen molar-refractivity contribution in [3.05, 3.63) is 58.3 Å². The summed E-state index contributed by atoms with van der Waals surface area (Å²) in [5.41, 5.74) is 1.04. The maximum Gasteiger partial charge on any atom is 0.336 e. The van der Waals surface area contributed by atoms with Crippen LogP contribution in [0.3, 0.4) is 0 Å². The summed E-state index contributed by atoms with van der Waals surface area (Å²) in [7, 11) is 0. The number of aromatic nitrogens is 2. The van der Waals surface area contributed by atoms with Crippen LogP contribution in [0.5, 0.6) is 5.75 Å². The number of hydrogen-bond acceptors (Lipinski definition) is 5. The van der Waals surface area contributed by atoms with Crippen LogP contribution in [0, 0.1) is 11.3 Å². The first-order valence-electron chi connectivity index (χ1n) is 6.18. The molecule has 2 heterocycles. The summed E-state index contributed by atoms with van der Waals surface area (Å²) in [6.07, 6.45) is 4.64. The van der Waals surface area contributed by atoms with Gasteiger partial charge in [0, 0.05) is 17.7 Å². The molecule has 1 aromatic carbocycles. The van der Waals surface area contributed by atoms with Gasteiger partial charge in [-0.05, 0) is 24.3 Å². The molecule has 0 N–H and O–H groups in total. The second kappa shape index (κ2) is 6.02. The third-order valence-corrected chi connectivity index (χ3v) is 3.85. The minimum absolute atomic E-state index is 0.314. The molecule has 0 aliphatic heterocycles. The fraction of sp³-hybridized carbons (Fsp3) is 0. The first-order chi connectivity index (χ1) is 10.7. The van der Waals surface area contributed by atoms with E-state index in [-0.39, 0.29) is 0 Å². The number of carbonyl (C=O) groups is 1. The largest absolute Gasteiger partial charge is 0.423 e. The van der Waals surface area contributed by atoms with Gasteiger partial charge in [-0.15, -0.1) is 11.3 Å². The standard InChI is InChI=1S/C15H8ClN3O2S/c16-14-12(19-6-7-22-15(19)18-14)4-5-13(20)21-11-3-1-2-10(8-11)9-17/h1-8H/b5-4+. The number of rotatable bonds is 3. The minimum atomic E-state index is -0.559. The van der Waals surface area contributed by atoms with Crippen molar-refractivity contribution in [2.75, 3.05) is 0 Å². The zero-order chi connectivity index (χ0) is 15.5. The highest BCUT2D eigenvalue weighted by Gasteiger charge is 2.09. The summed E-state index contributed by atoms with van der Waals surface area (Å²) in [4.78, 5) is 16.7. The van der Waals surface area contributed by atoms with Gasteiger partial charge < -0.3 is 4.74 Å². The molecule has 0 aliphatic carbocycles. The second-order valence-electron chi connectivity index (χ2n) is 4.24. The molecule has 3 rings (SSSR count). The Labute approximate surface area is 134 Å². The van der Waals surface area contributed by atoms with Crippen LogP contribution in [0.25, 0.3) is 11.0 Å². The van der Waals surface area contributed by atoms with Gasteiger partial charge in [0.2, 0.25) is 0 Å². The number of nitrogens with zero attached hydrogens (tertiary/aromatic N) is 3. The number of nitriles is 1. The molecule has 108 valence electrons. The molecule has 7 heteroatoms. The quantitative estimate of drug-likeness (QED) is 0.419. The average Bonchev–Trinajstić information content (AvgIpc) is 3.06. The Kier molecular flexibility index (Phi) is 3.92. The normalized spacial score (nSPS) is 10.9. The Morgan fingerprint density at radius 3 is 3.18 bits per heavy atom. The summed E-state index contributed by atoms with van der Waals surface area (Å²) in [6, 6.07) is 8.36. The van der Waals surface area contributed by atoms with Crippen LogP contribution in [-0.4, -0.2) is 15.4 Å². The molecular weight excluding hydrogens is 322 g/mol. The number of ether oxygens (including phenoxy) is 1. The fourth-order valence-electron chi connectivity index (χ4n) is 1.85. The van der Waals surface area contributed by atoms with Crippen molar-refractivity contribution < 1.29 is 9.53 Å². The first kappa shape index (κ1) is 14.3. The number of esters is 1. The maximum absolute atomic E-state index is 11.8. The van der Waals surface area contributed by atoms with Crippen molar-refractivity contribution >= 4 is 39.9 Å². The molecule has 0 radical (unpaired) electrons. The summed E-state index contributed by atoms with van der Waals surface area (Å²) in [5, 5.41) is 11.0. The molecule has 22 heavy (non-hydrogen) atoms. The average molecular weight is 330 g/mol. The van der Waals surface area contributed by atoms with Gasteiger partial charge in [-0.2, -0.15) is 5.26 Å². The number of hydrogen-bond donors (Lipinski definition) is 0. The van der Waals surface area contributed by atoms with E-state index in [1.807, 2.05) is 17.6 Å². The van der Waals surface area contributed by atoms with Crippen LogP contribution in [0.15, 0.2) is 41.9 Å². The van der Waals surface area contributed by atoms with Gasteiger partial charge >= 0.3 is 5.97 Å². The van der Waals surface area contributed by atoms with Crippen molar-refractivity contribution in [2.24, 2.45) is 0 Å². The Bertz CT molecular complexity index is 920. The monoisotopic (exact) mass is 329 g/mol. The second-order valence-corrected chi connectivity index (χ2v) is 5.47. The molecule has 0 amide bonds. The topological polar surface area (TPSA) is 67.4 Å². The van der Waals surface area contributed by atoms with Crippen molar-refractivity contribution in [3.8, 4) is 11.8 Å².